The Hall–Kier alpha value is -5.08. The smallest absolute Gasteiger partial charge is 0.0651 e. The highest BCUT2D eigenvalue weighted by Crippen LogP contribution is 2.55. The van der Waals surface area contributed by atoms with Crippen molar-refractivity contribution in [2.45, 2.75) is 64.0 Å². The van der Waals surface area contributed by atoms with E-state index in [-0.39, 0.29) is 16.4 Å². The van der Waals surface area contributed by atoms with Crippen LogP contribution in [0.3, 0.4) is 0 Å². The molecule has 1 heterocycles. The average Bonchev–Trinajstić information content (AvgIpc) is 3.53. The van der Waals surface area contributed by atoms with Crippen molar-refractivity contribution in [3.8, 4) is 0 Å². The zero-order valence-electron chi connectivity index (χ0n) is 29.0. The van der Waals surface area contributed by atoms with Crippen LogP contribution < -0.4 is 9.80 Å². The van der Waals surface area contributed by atoms with Gasteiger partial charge < -0.3 is 9.80 Å². The highest BCUT2D eigenvalue weighted by Gasteiger charge is 2.48. The molecule has 49 heavy (non-hydrogen) atoms. The van der Waals surface area contributed by atoms with Crippen LogP contribution in [0.15, 0.2) is 169 Å². The van der Waals surface area contributed by atoms with E-state index in [1.54, 1.807) is 0 Å². The maximum Gasteiger partial charge on any atom is 0.0651 e. The molecule has 0 saturated carbocycles. The lowest BCUT2D eigenvalue weighted by molar-refractivity contribution is 0.484. The molecule has 0 bridgehead atoms. The Balaban J connectivity index is 1.09. The first kappa shape index (κ1) is 30.0. The van der Waals surface area contributed by atoms with Gasteiger partial charge in [-0.05, 0) is 108 Å². The maximum atomic E-state index is 2.59. The van der Waals surface area contributed by atoms with E-state index in [2.05, 4.69) is 189 Å². The molecule has 0 aromatic heterocycles. The van der Waals surface area contributed by atoms with Gasteiger partial charge in [0, 0.05) is 33.6 Å². The van der Waals surface area contributed by atoms with Gasteiger partial charge in [0.2, 0.25) is 0 Å². The fourth-order valence-corrected chi connectivity index (χ4v) is 9.40. The van der Waals surface area contributed by atoms with Gasteiger partial charge in [0.15, 0.2) is 0 Å². The number of rotatable bonds is 5. The van der Waals surface area contributed by atoms with Crippen molar-refractivity contribution in [3.05, 3.63) is 185 Å². The Morgan fingerprint density at radius 1 is 0.714 bits per heavy atom. The second-order valence-corrected chi connectivity index (χ2v) is 15.3. The number of fused-ring (bicyclic) bond motifs is 5. The molecule has 242 valence electrons. The summed E-state index contributed by atoms with van der Waals surface area (Å²) in [6, 6.07) is 40.6. The summed E-state index contributed by atoms with van der Waals surface area (Å²) in [7, 11) is 0. The third kappa shape index (κ3) is 4.53. The first-order valence-corrected chi connectivity index (χ1v) is 17.9. The maximum absolute atomic E-state index is 2.59. The Kier molecular flexibility index (Phi) is 6.72. The SMILES string of the molecule is CC1(C)C2=CC(C)(N(c3ccccc3)c3ccc(C4=CC5=C(CC4)N(c4ccccc4)C4C=CC=CC54C)cc3)CC=C2c2ccccc21. The second kappa shape index (κ2) is 11.0. The number of para-hydroxylation sites is 2. The highest BCUT2D eigenvalue weighted by atomic mass is 15.2. The molecular formula is C47H44N2. The van der Waals surface area contributed by atoms with Crippen LogP contribution in [0.5, 0.6) is 0 Å². The Labute approximate surface area is 291 Å². The van der Waals surface area contributed by atoms with E-state index >= 15 is 0 Å². The van der Waals surface area contributed by atoms with Crippen LogP contribution in [0.1, 0.15) is 63.6 Å². The summed E-state index contributed by atoms with van der Waals surface area (Å²) in [5.74, 6) is 0. The number of anilines is 3. The van der Waals surface area contributed by atoms with E-state index < -0.39 is 0 Å². The van der Waals surface area contributed by atoms with Crippen LogP contribution in [0.4, 0.5) is 17.1 Å². The predicted molar refractivity (Wildman–Crippen MR) is 207 cm³/mol. The van der Waals surface area contributed by atoms with Crippen LogP contribution in [-0.4, -0.2) is 11.6 Å². The first-order chi connectivity index (χ1) is 23.8. The van der Waals surface area contributed by atoms with Crippen LogP contribution >= 0.6 is 0 Å². The third-order valence-electron chi connectivity index (χ3n) is 12.0. The van der Waals surface area contributed by atoms with Crippen LogP contribution in [-0.2, 0) is 5.41 Å². The van der Waals surface area contributed by atoms with E-state index in [9.17, 15) is 0 Å². The first-order valence-electron chi connectivity index (χ1n) is 17.9. The molecule has 0 radical (unpaired) electrons. The molecule has 3 unspecified atom stereocenters. The normalized spacial score (nSPS) is 25.9. The number of hydrogen-bond donors (Lipinski definition) is 0. The minimum Gasteiger partial charge on any atom is -0.337 e. The molecule has 2 nitrogen and oxygen atoms in total. The number of allylic oxidation sites excluding steroid dienone is 7. The summed E-state index contributed by atoms with van der Waals surface area (Å²) in [6.07, 6.45) is 19.8. The molecule has 0 fully saturated rings. The van der Waals surface area contributed by atoms with E-state index in [1.807, 2.05) is 0 Å². The van der Waals surface area contributed by atoms with Gasteiger partial charge in [0.05, 0.1) is 11.6 Å². The lowest BCUT2D eigenvalue weighted by atomic mass is 9.73. The fraction of sp³-hybridized carbons (Fsp3) is 0.234. The summed E-state index contributed by atoms with van der Waals surface area (Å²) in [5, 5.41) is 0. The monoisotopic (exact) mass is 636 g/mol. The van der Waals surface area contributed by atoms with Gasteiger partial charge in [-0.15, -0.1) is 0 Å². The molecule has 3 atom stereocenters. The van der Waals surface area contributed by atoms with E-state index in [1.165, 1.54) is 61.7 Å². The quantitative estimate of drug-likeness (QED) is 0.215. The predicted octanol–water partition coefficient (Wildman–Crippen LogP) is 11.7. The van der Waals surface area contributed by atoms with E-state index in [0.29, 0.717) is 6.04 Å². The van der Waals surface area contributed by atoms with Crippen molar-refractivity contribution in [2.24, 2.45) is 5.41 Å². The zero-order valence-corrected chi connectivity index (χ0v) is 29.0. The third-order valence-corrected chi connectivity index (χ3v) is 12.0. The van der Waals surface area contributed by atoms with Gasteiger partial charge in [-0.25, -0.2) is 0 Å². The van der Waals surface area contributed by atoms with Gasteiger partial charge in [-0.1, -0.05) is 129 Å². The van der Waals surface area contributed by atoms with E-state index in [4.69, 9.17) is 0 Å². The van der Waals surface area contributed by atoms with E-state index in [0.717, 1.165) is 19.3 Å². The van der Waals surface area contributed by atoms with Crippen molar-refractivity contribution < 1.29 is 0 Å². The molecule has 0 amide bonds. The molecular weight excluding hydrogens is 593 g/mol. The van der Waals surface area contributed by atoms with Gasteiger partial charge in [0.25, 0.3) is 0 Å². The van der Waals surface area contributed by atoms with Gasteiger partial charge in [0.1, 0.15) is 0 Å². The van der Waals surface area contributed by atoms with Crippen molar-refractivity contribution >= 4 is 28.2 Å². The number of nitrogens with zero attached hydrogens (tertiary/aromatic N) is 2. The fourth-order valence-electron chi connectivity index (χ4n) is 9.40. The molecule has 0 spiro atoms. The Morgan fingerprint density at radius 2 is 1.41 bits per heavy atom. The van der Waals surface area contributed by atoms with Gasteiger partial charge >= 0.3 is 0 Å². The molecule has 4 aromatic carbocycles. The summed E-state index contributed by atoms with van der Waals surface area (Å²) >= 11 is 0. The number of benzene rings is 4. The average molecular weight is 637 g/mol. The molecule has 1 aliphatic heterocycles. The number of hydrogen-bond acceptors (Lipinski definition) is 2. The van der Waals surface area contributed by atoms with Gasteiger partial charge in [-0.2, -0.15) is 0 Å². The van der Waals surface area contributed by atoms with Crippen LogP contribution in [0.25, 0.3) is 11.1 Å². The molecule has 4 aromatic rings. The topological polar surface area (TPSA) is 6.48 Å². The van der Waals surface area contributed by atoms with Gasteiger partial charge in [-0.3, -0.25) is 0 Å². The Bertz CT molecular complexity index is 2140. The molecule has 5 aliphatic rings. The highest BCUT2D eigenvalue weighted by molar-refractivity contribution is 5.91. The summed E-state index contributed by atoms with van der Waals surface area (Å²) in [6.45, 7) is 9.60. The van der Waals surface area contributed by atoms with Crippen molar-refractivity contribution in [2.75, 3.05) is 9.80 Å². The van der Waals surface area contributed by atoms with Crippen molar-refractivity contribution in [3.63, 3.8) is 0 Å². The molecule has 9 rings (SSSR count). The van der Waals surface area contributed by atoms with Crippen molar-refractivity contribution in [1.29, 1.82) is 0 Å². The molecule has 4 aliphatic carbocycles. The second-order valence-electron chi connectivity index (χ2n) is 15.3. The summed E-state index contributed by atoms with van der Waals surface area (Å²) < 4.78 is 0. The molecule has 0 N–H and O–H groups in total. The minimum atomic E-state index is -0.222. The summed E-state index contributed by atoms with van der Waals surface area (Å²) in [5.41, 5.74) is 14.8. The largest absolute Gasteiger partial charge is 0.337 e. The molecule has 0 saturated heterocycles. The minimum absolute atomic E-state index is 0.0351. The zero-order chi connectivity index (χ0) is 33.4. The lowest BCUT2D eigenvalue weighted by Gasteiger charge is -2.44. The standard InChI is InChI=1S/C47H44N2/c1-45(2)40-20-12-11-19-38(40)39-28-30-46(3,32-42(39)45)49(36-17-9-6-10-18-36)37-25-22-33(23-26-37)34-24-27-43-41(31-34)47(4)29-14-13-21-44(47)48(43)35-15-7-5-8-16-35/h5-23,25-26,28-29,31-32,44H,24,27,30H2,1-4H3. The van der Waals surface area contributed by atoms with Crippen LogP contribution in [0, 0.1) is 5.41 Å². The molecule has 2 heteroatoms. The van der Waals surface area contributed by atoms with Crippen LogP contribution in [0.2, 0.25) is 0 Å². The Morgan fingerprint density at radius 3 is 2.18 bits per heavy atom. The summed E-state index contributed by atoms with van der Waals surface area (Å²) in [4.78, 5) is 5.15. The van der Waals surface area contributed by atoms with Crippen molar-refractivity contribution in [1.82, 2.24) is 0 Å². The lowest BCUT2D eigenvalue weighted by Crippen LogP contribution is -2.43.